The van der Waals surface area contributed by atoms with Crippen molar-refractivity contribution in [1.82, 2.24) is 14.9 Å². The first-order chi connectivity index (χ1) is 15.4. The summed E-state index contributed by atoms with van der Waals surface area (Å²) in [4.78, 5) is 22.1. The summed E-state index contributed by atoms with van der Waals surface area (Å²) in [6.45, 7) is 7.04. The maximum absolute atomic E-state index is 12.9. The van der Waals surface area contributed by atoms with Gasteiger partial charge >= 0.3 is 0 Å². The van der Waals surface area contributed by atoms with Crippen LogP contribution in [0.2, 0.25) is 0 Å². The van der Waals surface area contributed by atoms with Gasteiger partial charge in [-0.05, 0) is 73.3 Å². The van der Waals surface area contributed by atoms with Gasteiger partial charge in [0.15, 0.2) is 5.11 Å². The molecule has 0 aliphatic heterocycles. The van der Waals surface area contributed by atoms with Crippen LogP contribution in [0.4, 0.5) is 5.69 Å². The Hall–Kier alpha value is -3.51. The van der Waals surface area contributed by atoms with E-state index < -0.39 is 0 Å². The van der Waals surface area contributed by atoms with E-state index in [0.717, 1.165) is 33.3 Å². The number of thiocarbonyl (C=S) groups is 1. The molecule has 0 saturated carbocycles. The predicted octanol–water partition coefficient (Wildman–Crippen LogP) is 5.25. The Morgan fingerprint density at radius 3 is 2.62 bits per heavy atom. The van der Waals surface area contributed by atoms with Crippen LogP contribution in [-0.4, -0.2) is 20.0 Å². The summed E-state index contributed by atoms with van der Waals surface area (Å²) in [6.07, 6.45) is 3.57. The van der Waals surface area contributed by atoms with Crippen LogP contribution in [0.25, 0.3) is 10.9 Å². The number of anilines is 1. The van der Waals surface area contributed by atoms with Gasteiger partial charge in [-0.25, -0.2) is 0 Å². The third-order valence-electron chi connectivity index (χ3n) is 5.53. The first-order valence-corrected chi connectivity index (χ1v) is 10.9. The minimum atomic E-state index is -0.0997. The maximum atomic E-state index is 12.9. The Kier molecular flexibility index (Phi) is 6.32. The molecule has 4 rings (SSSR count). The molecule has 0 radical (unpaired) electrons. The van der Waals surface area contributed by atoms with Crippen molar-refractivity contribution in [3.63, 3.8) is 0 Å². The van der Waals surface area contributed by atoms with E-state index >= 15 is 0 Å². The van der Waals surface area contributed by atoms with E-state index in [-0.39, 0.29) is 5.56 Å². The zero-order chi connectivity index (χ0) is 22.7. The van der Waals surface area contributed by atoms with Crippen molar-refractivity contribution in [3.05, 3.63) is 105 Å². The summed E-state index contributed by atoms with van der Waals surface area (Å²) in [5, 5.41) is 4.94. The molecule has 0 saturated heterocycles. The molecule has 0 amide bonds. The largest absolute Gasteiger partial charge is 0.340 e. The average molecular weight is 443 g/mol. The van der Waals surface area contributed by atoms with Crippen molar-refractivity contribution in [2.45, 2.75) is 33.9 Å². The number of aromatic amines is 1. The summed E-state index contributed by atoms with van der Waals surface area (Å²) in [5.41, 5.74) is 6.78. The molecule has 0 aliphatic rings. The fourth-order valence-electron chi connectivity index (χ4n) is 3.81. The Morgan fingerprint density at radius 2 is 1.88 bits per heavy atom. The standard InChI is InChI=1S/C26H26N4OS/c1-17-9-10-23(19(3)12-17)28-26(32)30(15-20-7-5-11-27-14-20)16-22-13-21-8-4-6-18(2)24(21)29-25(22)31/h4-14H,15-16H2,1-3H3,(H,28,32)(H,29,31). The van der Waals surface area contributed by atoms with Gasteiger partial charge in [-0.2, -0.15) is 0 Å². The number of hydrogen-bond acceptors (Lipinski definition) is 3. The molecule has 2 aromatic heterocycles. The van der Waals surface area contributed by atoms with Crippen molar-refractivity contribution in [2.75, 3.05) is 5.32 Å². The Labute approximate surface area is 193 Å². The third-order valence-corrected chi connectivity index (χ3v) is 5.89. The molecule has 4 aromatic rings. The highest BCUT2D eigenvalue weighted by atomic mass is 32.1. The van der Waals surface area contributed by atoms with Gasteiger partial charge < -0.3 is 15.2 Å². The lowest BCUT2D eigenvalue weighted by Gasteiger charge is -2.26. The highest BCUT2D eigenvalue weighted by Crippen LogP contribution is 2.19. The molecule has 162 valence electrons. The zero-order valence-corrected chi connectivity index (χ0v) is 19.3. The maximum Gasteiger partial charge on any atom is 0.253 e. The first-order valence-electron chi connectivity index (χ1n) is 10.5. The number of benzene rings is 2. The van der Waals surface area contributed by atoms with E-state index in [1.165, 1.54) is 5.56 Å². The molecule has 0 atom stereocenters. The monoisotopic (exact) mass is 442 g/mol. The summed E-state index contributed by atoms with van der Waals surface area (Å²) >= 11 is 5.79. The average Bonchev–Trinajstić information content (AvgIpc) is 2.77. The van der Waals surface area contributed by atoms with Crippen molar-refractivity contribution in [3.8, 4) is 0 Å². The van der Waals surface area contributed by atoms with Gasteiger partial charge in [-0.3, -0.25) is 9.78 Å². The van der Waals surface area contributed by atoms with Crippen LogP contribution in [0.1, 0.15) is 27.8 Å². The number of para-hydroxylation sites is 1. The molecule has 0 spiro atoms. The topological polar surface area (TPSA) is 61.0 Å². The molecule has 5 nitrogen and oxygen atoms in total. The van der Waals surface area contributed by atoms with E-state index in [1.54, 1.807) is 6.20 Å². The van der Waals surface area contributed by atoms with Crippen molar-refractivity contribution in [1.29, 1.82) is 0 Å². The quantitative estimate of drug-likeness (QED) is 0.414. The first kappa shape index (κ1) is 21.7. The van der Waals surface area contributed by atoms with E-state index in [1.807, 2.05) is 60.5 Å². The molecular weight excluding hydrogens is 416 g/mol. The molecular formula is C26H26N4OS. The second-order valence-electron chi connectivity index (χ2n) is 8.13. The Morgan fingerprint density at radius 1 is 1.03 bits per heavy atom. The molecule has 32 heavy (non-hydrogen) atoms. The lowest BCUT2D eigenvalue weighted by Crippen LogP contribution is -2.35. The van der Waals surface area contributed by atoms with Crippen LogP contribution in [0.15, 0.2) is 71.8 Å². The molecule has 2 heterocycles. The Bertz CT molecular complexity index is 1330. The molecule has 0 aliphatic carbocycles. The number of hydrogen-bond donors (Lipinski definition) is 2. The lowest BCUT2D eigenvalue weighted by molar-refractivity contribution is 0.410. The van der Waals surface area contributed by atoms with Gasteiger partial charge in [0.05, 0.1) is 12.1 Å². The van der Waals surface area contributed by atoms with Gasteiger partial charge in [0.1, 0.15) is 0 Å². The highest BCUT2D eigenvalue weighted by Gasteiger charge is 2.15. The smallest absolute Gasteiger partial charge is 0.253 e. The summed E-state index contributed by atoms with van der Waals surface area (Å²) in [6, 6.07) is 18.1. The van der Waals surface area contributed by atoms with Gasteiger partial charge in [-0.1, -0.05) is 42.0 Å². The van der Waals surface area contributed by atoms with Gasteiger partial charge in [0, 0.05) is 30.2 Å². The van der Waals surface area contributed by atoms with Crippen molar-refractivity contribution < 1.29 is 0 Å². The van der Waals surface area contributed by atoms with E-state index in [2.05, 4.69) is 41.3 Å². The number of nitrogens with zero attached hydrogens (tertiary/aromatic N) is 2. The van der Waals surface area contributed by atoms with Gasteiger partial charge in [0.2, 0.25) is 0 Å². The normalized spacial score (nSPS) is 10.8. The number of fused-ring (bicyclic) bond motifs is 1. The van der Waals surface area contributed by atoms with Crippen LogP contribution >= 0.6 is 12.2 Å². The number of aryl methyl sites for hydroxylation is 3. The summed E-state index contributed by atoms with van der Waals surface area (Å²) in [7, 11) is 0. The number of pyridine rings is 2. The third kappa shape index (κ3) is 4.86. The highest BCUT2D eigenvalue weighted by molar-refractivity contribution is 7.80. The zero-order valence-electron chi connectivity index (χ0n) is 18.5. The SMILES string of the molecule is Cc1ccc(NC(=S)N(Cc2cccnc2)Cc2cc3cccc(C)c3[nH]c2=O)c(C)c1. The number of nitrogens with one attached hydrogen (secondary N) is 2. The summed E-state index contributed by atoms with van der Waals surface area (Å²) < 4.78 is 0. The Balaban J connectivity index is 1.66. The van der Waals surface area contributed by atoms with Crippen LogP contribution in [-0.2, 0) is 13.1 Å². The van der Waals surface area contributed by atoms with Gasteiger partial charge in [0.25, 0.3) is 5.56 Å². The minimum absolute atomic E-state index is 0.0997. The number of H-pyrrole nitrogens is 1. The second-order valence-corrected chi connectivity index (χ2v) is 8.52. The van der Waals surface area contributed by atoms with Crippen molar-refractivity contribution >= 4 is 33.9 Å². The molecule has 0 fully saturated rings. The second kappa shape index (κ2) is 9.32. The molecule has 2 aromatic carbocycles. The minimum Gasteiger partial charge on any atom is -0.340 e. The van der Waals surface area contributed by atoms with Crippen molar-refractivity contribution in [2.24, 2.45) is 0 Å². The predicted molar refractivity (Wildman–Crippen MR) is 135 cm³/mol. The van der Waals surface area contributed by atoms with Gasteiger partial charge in [-0.15, -0.1) is 0 Å². The lowest BCUT2D eigenvalue weighted by atomic mass is 10.1. The fraction of sp³-hybridized carbons (Fsp3) is 0.192. The van der Waals surface area contributed by atoms with E-state index in [9.17, 15) is 4.79 Å². The summed E-state index contributed by atoms with van der Waals surface area (Å²) in [5.74, 6) is 0. The van der Waals surface area contributed by atoms with Crippen LogP contribution < -0.4 is 10.9 Å². The van der Waals surface area contributed by atoms with Crippen LogP contribution in [0.5, 0.6) is 0 Å². The van der Waals surface area contributed by atoms with E-state index in [0.29, 0.717) is 23.8 Å². The molecule has 0 bridgehead atoms. The van der Waals surface area contributed by atoms with E-state index in [4.69, 9.17) is 12.2 Å². The van der Waals surface area contributed by atoms with Crippen LogP contribution in [0.3, 0.4) is 0 Å². The molecule has 2 N–H and O–H groups in total. The van der Waals surface area contributed by atoms with Crippen LogP contribution in [0, 0.1) is 20.8 Å². The number of aromatic nitrogens is 2. The fourth-order valence-corrected chi connectivity index (χ4v) is 4.05. The number of rotatable bonds is 5. The molecule has 0 unspecified atom stereocenters. The molecule has 6 heteroatoms.